The van der Waals surface area contributed by atoms with Crippen LogP contribution >= 0.6 is 0 Å². The van der Waals surface area contributed by atoms with Crippen molar-refractivity contribution in [2.45, 2.75) is 45.3 Å². The van der Waals surface area contributed by atoms with Crippen molar-refractivity contribution in [3.63, 3.8) is 0 Å². The fourth-order valence-electron chi connectivity index (χ4n) is 1.09. The molecule has 1 rings (SSSR count). The fraction of sp³-hybridized carbons (Fsp3) is 0.818. The van der Waals surface area contributed by atoms with Gasteiger partial charge < -0.3 is 10.1 Å². The molecule has 1 aliphatic rings. The minimum Gasteiger partial charge on any atom is -0.375 e. The highest BCUT2D eigenvalue weighted by Crippen LogP contribution is 2.18. The topological polar surface area (TPSA) is 21.3 Å². The van der Waals surface area contributed by atoms with Gasteiger partial charge in [-0.2, -0.15) is 0 Å². The monoisotopic (exact) mass is 183 g/mol. The highest BCUT2D eigenvalue weighted by atomic mass is 16.5. The van der Waals surface area contributed by atoms with E-state index in [0.29, 0.717) is 6.10 Å². The first-order valence-corrected chi connectivity index (χ1v) is 5.29. The summed E-state index contributed by atoms with van der Waals surface area (Å²) < 4.78 is 5.37. The zero-order chi connectivity index (χ0) is 9.52. The molecule has 0 aliphatic heterocycles. The highest BCUT2D eigenvalue weighted by molar-refractivity contribution is 4.85. The molecular weight excluding hydrogens is 162 g/mol. The fourth-order valence-corrected chi connectivity index (χ4v) is 1.09. The van der Waals surface area contributed by atoms with Crippen LogP contribution in [0.3, 0.4) is 0 Å². The zero-order valence-electron chi connectivity index (χ0n) is 8.75. The van der Waals surface area contributed by atoms with Crippen molar-refractivity contribution in [3.05, 3.63) is 12.2 Å². The number of hydrogen-bond donors (Lipinski definition) is 1. The van der Waals surface area contributed by atoms with Crippen LogP contribution in [0.4, 0.5) is 0 Å². The quantitative estimate of drug-likeness (QED) is 0.482. The van der Waals surface area contributed by atoms with Gasteiger partial charge in [0.25, 0.3) is 0 Å². The molecule has 1 saturated carbocycles. The predicted molar refractivity (Wildman–Crippen MR) is 55.9 cm³/mol. The van der Waals surface area contributed by atoms with Crippen molar-refractivity contribution in [2.75, 3.05) is 13.2 Å². The summed E-state index contributed by atoms with van der Waals surface area (Å²) in [5, 5.41) is 3.46. The molecule has 1 aliphatic carbocycles. The van der Waals surface area contributed by atoms with Gasteiger partial charge in [-0.3, -0.25) is 0 Å². The summed E-state index contributed by atoms with van der Waals surface area (Å²) in [6, 6.07) is 0.834. The molecule has 0 saturated heterocycles. The number of ether oxygens (including phenoxy) is 1. The van der Waals surface area contributed by atoms with Crippen LogP contribution in [0.25, 0.3) is 0 Å². The van der Waals surface area contributed by atoms with Crippen LogP contribution < -0.4 is 5.32 Å². The molecule has 0 amide bonds. The van der Waals surface area contributed by atoms with E-state index in [1.54, 1.807) is 0 Å². The Bertz CT molecular complexity index is 150. The van der Waals surface area contributed by atoms with E-state index in [0.717, 1.165) is 25.6 Å². The van der Waals surface area contributed by atoms with Gasteiger partial charge in [0, 0.05) is 6.04 Å². The molecule has 13 heavy (non-hydrogen) atoms. The van der Waals surface area contributed by atoms with Crippen molar-refractivity contribution < 1.29 is 4.74 Å². The molecule has 2 heteroatoms. The van der Waals surface area contributed by atoms with Gasteiger partial charge in [0.15, 0.2) is 0 Å². The molecule has 0 atom stereocenters. The van der Waals surface area contributed by atoms with Gasteiger partial charge in [-0.05, 0) is 39.7 Å². The van der Waals surface area contributed by atoms with Crippen LogP contribution in [0.5, 0.6) is 0 Å². The molecular formula is C11H21NO. The molecule has 0 aromatic heterocycles. The maximum absolute atomic E-state index is 5.37. The third kappa shape index (κ3) is 6.79. The first-order chi connectivity index (χ1) is 6.29. The van der Waals surface area contributed by atoms with Crippen LogP contribution in [-0.2, 0) is 4.74 Å². The molecule has 0 aromatic rings. The summed E-state index contributed by atoms with van der Waals surface area (Å²) in [4.78, 5) is 0. The lowest BCUT2D eigenvalue weighted by Gasteiger charge is -2.02. The van der Waals surface area contributed by atoms with Gasteiger partial charge in [0.1, 0.15) is 0 Å². The Morgan fingerprint density at radius 2 is 2.15 bits per heavy atom. The van der Waals surface area contributed by atoms with Gasteiger partial charge >= 0.3 is 0 Å². The molecule has 0 aromatic carbocycles. The standard InChI is InChI=1S/C11H21NO/c1-10(2)13-9-5-3-4-8-12-11-6-7-11/h3,5,10-12H,4,6-9H2,1-2H3. The third-order valence-electron chi connectivity index (χ3n) is 2.01. The summed E-state index contributed by atoms with van der Waals surface area (Å²) >= 11 is 0. The zero-order valence-corrected chi connectivity index (χ0v) is 8.75. The predicted octanol–water partition coefficient (Wildman–Crippen LogP) is 2.11. The molecule has 76 valence electrons. The normalized spacial score (nSPS) is 17.5. The first-order valence-electron chi connectivity index (χ1n) is 5.29. The summed E-state index contributed by atoms with van der Waals surface area (Å²) in [6.45, 7) is 5.98. The van der Waals surface area contributed by atoms with Crippen LogP contribution in [0.15, 0.2) is 12.2 Å². The summed E-state index contributed by atoms with van der Waals surface area (Å²) in [7, 11) is 0. The van der Waals surface area contributed by atoms with Crippen LogP contribution in [0, 0.1) is 0 Å². The van der Waals surface area contributed by atoms with Crippen LogP contribution in [0.1, 0.15) is 33.1 Å². The molecule has 0 bridgehead atoms. The summed E-state index contributed by atoms with van der Waals surface area (Å²) in [5.74, 6) is 0. The summed E-state index contributed by atoms with van der Waals surface area (Å²) in [6.07, 6.45) is 8.51. The van der Waals surface area contributed by atoms with Crippen molar-refractivity contribution in [3.8, 4) is 0 Å². The Morgan fingerprint density at radius 3 is 2.77 bits per heavy atom. The summed E-state index contributed by atoms with van der Waals surface area (Å²) in [5.41, 5.74) is 0. The number of hydrogen-bond acceptors (Lipinski definition) is 2. The van der Waals surface area contributed by atoms with E-state index in [1.165, 1.54) is 12.8 Å². The Balaban J connectivity index is 1.80. The average Bonchev–Trinajstić information content (AvgIpc) is 2.86. The van der Waals surface area contributed by atoms with Gasteiger partial charge in [-0.15, -0.1) is 0 Å². The van der Waals surface area contributed by atoms with E-state index in [1.807, 2.05) is 0 Å². The third-order valence-corrected chi connectivity index (χ3v) is 2.01. The Morgan fingerprint density at radius 1 is 1.38 bits per heavy atom. The number of rotatable bonds is 7. The largest absolute Gasteiger partial charge is 0.375 e. The van der Waals surface area contributed by atoms with Crippen LogP contribution in [-0.4, -0.2) is 25.3 Å². The van der Waals surface area contributed by atoms with Crippen molar-refractivity contribution in [1.82, 2.24) is 5.32 Å². The molecule has 0 radical (unpaired) electrons. The smallest absolute Gasteiger partial charge is 0.0650 e. The maximum Gasteiger partial charge on any atom is 0.0650 e. The number of nitrogens with one attached hydrogen (secondary N) is 1. The maximum atomic E-state index is 5.37. The molecule has 2 nitrogen and oxygen atoms in total. The molecule has 0 heterocycles. The Labute approximate surface area is 81.4 Å². The van der Waals surface area contributed by atoms with Crippen molar-refractivity contribution in [1.29, 1.82) is 0 Å². The molecule has 0 spiro atoms. The lowest BCUT2D eigenvalue weighted by molar-refractivity contribution is 0.102. The minimum atomic E-state index is 0.342. The van der Waals surface area contributed by atoms with Gasteiger partial charge in [0.05, 0.1) is 12.7 Å². The van der Waals surface area contributed by atoms with Gasteiger partial charge in [-0.1, -0.05) is 12.2 Å². The van der Waals surface area contributed by atoms with E-state index in [2.05, 4.69) is 31.3 Å². The molecule has 1 N–H and O–H groups in total. The SMILES string of the molecule is CC(C)OCC=CCCNC1CC1. The van der Waals surface area contributed by atoms with Crippen molar-refractivity contribution >= 4 is 0 Å². The highest BCUT2D eigenvalue weighted by Gasteiger charge is 2.19. The Hall–Kier alpha value is -0.340. The van der Waals surface area contributed by atoms with E-state index >= 15 is 0 Å². The van der Waals surface area contributed by atoms with E-state index in [4.69, 9.17) is 4.74 Å². The second-order valence-corrected chi connectivity index (χ2v) is 3.87. The van der Waals surface area contributed by atoms with Gasteiger partial charge in [-0.25, -0.2) is 0 Å². The molecule has 1 fully saturated rings. The first kappa shape index (κ1) is 10.7. The molecule has 0 unspecified atom stereocenters. The lowest BCUT2D eigenvalue weighted by atomic mass is 10.3. The average molecular weight is 183 g/mol. The van der Waals surface area contributed by atoms with E-state index < -0.39 is 0 Å². The van der Waals surface area contributed by atoms with Crippen LogP contribution in [0.2, 0.25) is 0 Å². The van der Waals surface area contributed by atoms with E-state index in [-0.39, 0.29) is 0 Å². The van der Waals surface area contributed by atoms with Gasteiger partial charge in [0.2, 0.25) is 0 Å². The Kier molecular flexibility index (Phi) is 5.09. The second kappa shape index (κ2) is 6.17. The lowest BCUT2D eigenvalue weighted by Crippen LogP contribution is -2.16. The van der Waals surface area contributed by atoms with E-state index in [9.17, 15) is 0 Å². The second-order valence-electron chi connectivity index (χ2n) is 3.87. The minimum absolute atomic E-state index is 0.342. The van der Waals surface area contributed by atoms with Crippen molar-refractivity contribution in [2.24, 2.45) is 0 Å².